The largest absolute Gasteiger partial charge is 0.320 e. The summed E-state index contributed by atoms with van der Waals surface area (Å²) in [5.74, 6) is -12.2. The summed E-state index contributed by atoms with van der Waals surface area (Å²) in [6.45, 7) is 3.12. The molecule has 3 nitrogen and oxygen atoms in total. The quantitative estimate of drug-likeness (QED) is 0.508. The Morgan fingerprint density at radius 1 is 0.947 bits per heavy atom. The first-order chi connectivity index (χ1) is 8.68. The standard InChI is InChI=1S/C11H11F5N2O/c1-3(2)9(17)11(19)18-10-7(15)5(13)4(12)6(14)8(10)16/h3,9H,17H2,1-2H3,(H,18,19)/t9-/m0/s1. The number of nitrogens with one attached hydrogen (secondary N) is 1. The van der Waals surface area contributed by atoms with Gasteiger partial charge in [0.05, 0.1) is 6.04 Å². The Balaban J connectivity index is 3.19. The third-order valence-corrected chi connectivity index (χ3v) is 2.48. The van der Waals surface area contributed by atoms with Crippen molar-refractivity contribution in [1.29, 1.82) is 0 Å². The molecular formula is C11H11F5N2O. The molecule has 0 bridgehead atoms. The van der Waals surface area contributed by atoms with Crippen LogP contribution in [0.25, 0.3) is 0 Å². The highest BCUT2D eigenvalue weighted by atomic mass is 19.2. The van der Waals surface area contributed by atoms with Crippen LogP contribution < -0.4 is 11.1 Å². The number of hydrogen-bond donors (Lipinski definition) is 2. The maximum Gasteiger partial charge on any atom is 0.241 e. The summed E-state index contributed by atoms with van der Waals surface area (Å²) in [6, 6.07) is -1.14. The van der Waals surface area contributed by atoms with Crippen LogP contribution in [0, 0.1) is 35.0 Å². The van der Waals surface area contributed by atoms with E-state index in [0.29, 0.717) is 0 Å². The van der Waals surface area contributed by atoms with E-state index in [1.54, 1.807) is 19.2 Å². The molecule has 0 spiro atoms. The maximum atomic E-state index is 13.3. The highest BCUT2D eigenvalue weighted by Crippen LogP contribution is 2.27. The summed E-state index contributed by atoms with van der Waals surface area (Å²) < 4.78 is 65.0. The van der Waals surface area contributed by atoms with Crippen molar-refractivity contribution in [3.05, 3.63) is 29.1 Å². The van der Waals surface area contributed by atoms with E-state index in [1.807, 2.05) is 0 Å². The molecule has 0 aromatic heterocycles. The first kappa shape index (κ1) is 15.4. The molecule has 1 amide bonds. The van der Waals surface area contributed by atoms with Gasteiger partial charge in [0.2, 0.25) is 11.7 Å². The number of halogens is 5. The number of nitrogens with two attached hydrogens (primary N) is 1. The summed E-state index contributed by atoms with van der Waals surface area (Å²) in [7, 11) is 0. The van der Waals surface area contributed by atoms with Crippen LogP contribution in [0.4, 0.5) is 27.6 Å². The van der Waals surface area contributed by atoms with Crippen molar-refractivity contribution in [3.63, 3.8) is 0 Å². The second kappa shape index (κ2) is 5.52. The molecule has 0 aliphatic carbocycles. The molecule has 1 aromatic carbocycles. The molecule has 8 heteroatoms. The number of anilines is 1. The fourth-order valence-electron chi connectivity index (χ4n) is 1.22. The molecule has 0 heterocycles. The van der Waals surface area contributed by atoms with Crippen molar-refractivity contribution in [2.24, 2.45) is 11.7 Å². The normalized spacial score (nSPS) is 12.7. The zero-order chi connectivity index (χ0) is 14.9. The second-order valence-electron chi connectivity index (χ2n) is 4.20. The third-order valence-electron chi connectivity index (χ3n) is 2.48. The van der Waals surface area contributed by atoms with E-state index in [2.05, 4.69) is 0 Å². The highest BCUT2D eigenvalue weighted by Gasteiger charge is 2.28. The van der Waals surface area contributed by atoms with Crippen molar-refractivity contribution in [2.45, 2.75) is 19.9 Å². The van der Waals surface area contributed by atoms with Gasteiger partial charge in [0, 0.05) is 0 Å². The topological polar surface area (TPSA) is 55.1 Å². The van der Waals surface area contributed by atoms with E-state index in [0.717, 1.165) is 0 Å². The molecule has 0 aliphatic heterocycles. The van der Waals surface area contributed by atoms with Crippen LogP contribution in [0.3, 0.4) is 0 Å². The Hall–Kier alpha value is -1.70. The van der Waals surface area contributed by atoms with Gasteiger partial charge in [0.15, 0.2) is 23.3 Å². The van der Waals surface area contributed by atoms with Gasteiger partial charge in [-0.25, -0.2) is 22.0 Å². The Morgan fingerprint density at radius 2 is 1.32 bits per heavy atom. The average molecular weight is 282 g/mol. The molecular weight excluding hydrogens is 271 g/mol. The fraction of sp³-hybridized carbons (Fsp3) is 0.364. The monoisotopic (exact) mass is 282 g/mol. The molecule has 0 saturated carbocycles. The molecule has 0 saturated heterocycles. The summed E-state index contributed by atoms with van der Waals surface area (Å²) in [5.41, 5.74) is 3.99. The van der Waals surface area contributed by atoms with Crippen LogP contribution in [0.15, 0.2) is 0 Å². The van der Waals surface area contributed by atoms with Gasteiger partial charge in [0.25, 0.3) is 0 Å². The predicted molar refractivity (Wildman–Crippen MR) is 57.7 cm³/mol. The number of carbonyl (C=O) groups is 1. The van der Waals surface area contributed by atoms with Gasteiger partial charge >= 0.3 is 0 Å². The minimum Gasteiger partial charge on any atom is -0.320 e. The molecule has 0 unspecified atom stereocenters. The lowest BCUT2D eigenvalue weighted by Gasteiger charge is -2.16. The number of benzene rings is 1. The SMILES string of the molecule is CC(C)[C@H](N)C(=O)Nc1c(F)c(F)c(F)c(F)c1F. The van der Waals surface area contributed by atoms with Gasteiger partial charge in [-0.3, -0.25) is 4.79 Å². The molecule has 106 valence electrons. The third kappa shape index (κ3) is 2.83. The molecule has 1 aromatic rings. The number of rotatable bonds is 3. The first-order valence-electron chi connectivity index (χ1n) is 5.26. The lowest BCUT2D eigenvalue weighted by Crippen LogP contribution is -2.40. The Kier molecular flexibility index (Phi) is 4.46. The van der Waals surface area contributed by atoms with Crippen molar-refractivity contribution in [3.8, 4) is 0 Å². The Bertz CT molecular complexity index is 489. The van der Waals surface area contributed by atoms with Gasteiger partial charge in [-0.05, 0) is 5.92 Å². The number of amides is 1. The van der Waals surface area contributed by atoms with Gasteiger partial charge in [0.1, 0.15) is 5.69 Å². The van der Waals surface area contributed by atoms with Crippen molar-refractivity contribution in [2.75, 3.05) is 5.32 Å². The van der Waals surface area contributed by atoms with E-state index in [9.17, 15) is 26.7 Å². The predicted octanol–water partition coefficient (Wildman–Crippen LogP) is 2.30. The van der Waals surface area contributed by atoms with E-state index in [-0.39, 0.29) is 5.92 Å². The lowest BCUT2D eigenvalue weighted by molar-refractivity contribution is -0.118. The molecule has 1 rings (SSSR count). The van der Waals surface area contributed by atoms with E-state index in [4.69, 9.17) is 5.73 Å². The molecule has 0 fully saturated rings. The molecule has 1 atom stereocenters. The second-order valence-corrected chi connectivity index (χ2v) is 4.20. The van der Waals surface area contributed by atoms with E-state index in [1.165, 1.54) is 0 Å². The van der Waals surface area contributed by atoms with Crippen LogP contribution in [0.1, 0.15) is 13.8 Å². The van der Waals surface area contributed by atoms with Gasteiger partial charge in [-0.15, -0.1) is 0 Å². The Morgan fingerprint density at radius 3 is 1.68 bits per heavy atom. The van der Waals surface area contributed by atoms with Crippen molar-refractivity contribution < 1.29 is 26.7 Å². The molecule has 0 radical (unpaired) electrons. The minimum atomic E-state index is -2.29. The summed E-state index contributed by atoms with van der Waals surface area (Å²) >= 11 is 0. The van der Waals surface area contributed by atoms with Crippen LogP contribution in [-0.2, 0) is 4.79 Å². The maximum absolute atomic E-state index is 13.3. The summed E-state index contributed by atoms with van der Waals surface area (Å²) in [6.07, 6.45) is 0. The van der Waals surface area contributed by atoms with E-state index >= 15 is 0 Å². The summed E-state index contributed by atoms with van der Waals surface area (Å²) in [4.78, 5) is 11.5. The van der Waals surface area contributed by atoms with Gasteiger partial charge in [-0.2, -0.15) is 0 Å². The first-order valence-corrected chi connectivity index (χ1v) is 5.26. The smallest absolute Gasteiger partial charge is 0.241 e. The number of hydrogen-bond acceptors (Lipinski definition) is 2. The zero-order valence-electron chi connectivity index (χ0n) is 10.0. The van der Waals surface area contributed by atoms with Crippen LogP contribution in [0.2, 0.25) is 0 Å². The lowest BCUT2D eigenvalue weighted by atomic mass is 10.0. The van der Waals surface area contributed by atoms with Crippen molar-refractivity contribution >= 4 is 11.6 Å². The van der Waals surface area contributed by atoms with Crippen LogP contribution in [0.5, 0.6) is 0 Å². The molecule has 0 aliphatic rings. The van der Waals surface area contributed by atoms with Gasteiger partial charge in [-0.1, -0.05) is 13.8 Å². The van der Waals surface area contributed by atoms with Crippen LogP contribution in [-0.4, -0.2) is 11.9 Å². The average Bonchev–Trinajstić information content (AvgIpc) is 2.37. The summed E-state index contributed by atoms with van der Waals surface area (Å²) in [5, 5.41) is 1.61. The molecule has 3 N–H and O–H groups in total. The zero-order valence-corrected chi connectivity index (χ0v) is 10.0. The minimum absolute atomic E-state index is 0.374. The molecule has 19 heavy (non-hydrogen) atoms. The van der Waals surface area contributed by atoms with E-state index < -0.39 is 46.7 Å². The highest BCUT2D eigenvalue weighted by molar-refractivity contribution is 5.95. The van der Waals surface area contributed by atoms with Gasteiger partial charge < -0.3 is 11.1 Å². The fourth-order valence-corrected chi connectivity index (χ4v) is 1.22. The Labute approximate surface area is 105 Å². The number of carbonyl (C=O) groups excluding carboxylic acids is 1. The van der Waals surface area contributed by atoms with Crippen LogP contribution >= 0.6 is 0 Å². The van der Waals surface area contributed by atoms with Crippen molar-refractivity contribution in [1.82, 2.24) is 0 Å².